The fraction of sp³-hybridized carbons (Fsp3) is 0.765. The van der Waals surface area contributed by atoms with E-state index < -0.39 is 0 Å². The minimum absolute atomic E-state index is 0.388. The summed E-state index contributed by atoms with van der Waals surface area (Å²) in [6.07, 6.45) is 13.9. The van der Waals surface area contributed by atoms with E-state index in [1.165, 1.54) is 51.4 Å². The number of unbranched alkanes of at least 4 members (excludes halogenated alkanes) is 7. The van der Waals surface area contributed by atoms with Gasteiger partial charge in [0.05, 0.1) is 12.3 Å². The van der Waals surface area contributed by atoms with Crippen molar-refractivity contribution in [3.63, 3.8) is 0 Å². The zero-order chi connectivity index (χ0) is 13.8. The molecule has 1 aromatic rings. The van der Waals surface area contributed by atoms with Gasteiger partial charge in [-0.05, 0) is 31.5 Å². The van der Waals surface area contributed by atoms with Crippen LogP contribution in [0.1, 0.15) is 83.4 Å². The highest BCUT2D eigenvalue weighted by atomic mass is 16.3. The highest BCUT2D eigenvalue weighted by Crippen LogP contribution is 2.16. The molecule has 2 nitrogen and oxygen atoms in total. The normalized spacial score (nSPS) is 12.7. The summed E-state index contributed by atoms with van der Waals surface area (Å²) in [5.74, 6) is 1.07. The van der Waals surface area contributed by atoms with Crippen molar-refractivity contribution in [1.29, 1.82) is 0 Å². The largest absolute Gasteiger partial charge is 0.468 e. The summed E-state index contributed by atoms with van der Waals surface area (Å²) >= 11 is 0. The van der Waals surface area contributed by atoms with Crippen molar-refractivity contribution in [3.8, 4) is 0 Å². The van der Waals surface area contributed by atoms with Gasteiger partial charge in [-0.2, -0.15) is 0 Å². The summed E-state index contributed by atoms with van der Waals surface area (Å²) in [6, 6.07) is 4.42. The van der Waals surface area contributed by atoms with Gasteiger partial charge >= 0.3 is 0 Å². The molecule has 1 atom stereocenters. The van der Waals surface area contributed by atoms with Crippen LogP contribution in [-0.4, -0.2) is 6.54 Å². The van der Waals surface area contributed by atoms with Crippen LogP contribution in [0.2, 0.25) is 0 Å². The standard InChI is InChI=1S/C17H31NO/c1-3-5-6-7-8-9-10-11-14-18-16(4-2)17-13-12-15-19-17/h12-13,15-16,18H,3-11,14H2,1-2H3. The second-order valence-corrected chi connectivity index (χ2v) is 5.41. The van der Waals surface area contributed by atoms with E-state index in [-0.39, 0.29) is 0 Å². The highest BCUT2D eigenvalue weighted by Gasteiger charge is 2.10. The Labute approximate surface area is 119 Å². The lowest BCUT2D eigenvalue weighted by molar-refractivity contribution is 0.399. The van der Waals surface area contributed by atoms with Gasteiger partial charge in [0.2, 0.25) is 0 Å². The molecular formula is C17H31NO. The molecule has 2 heteroatoms. The minimum atomic E-state index is 0.388. The second-order valence-electron chi connectivity index (χ2n) is 5.41. The van der Waals surface area contributed by atoms with Crippen molar-refractivity contribution in [1.82, 2.24) is 5.32 Å². The first-order valence-electron chi connectivity index (χ1n) is 8.15. The van der Waals surface area contributed by atoms with Crippen molar-refractivity contribution >= 4 is 0 Å². The SMILES string of the molecule is CCCCCCCCCCNC(CC)c1ccco1. The molecule has 1 aromatic heterocycles. The van der Waals surface area contributed by atoms with Crippen molar-refractivity contribution < 1.29 is 4.42 Å². The third kappa shape index (κ3) is 7.41. The maximum Gasteiger partial charge on any atom is 0.120 e. The molecule has 0 aliphatic rings. The lowest BCUT2D eigenvalue weighted by atomic mass is 10.1. The molecule has 0 aliphatic carbocycles. The van der Waals surface area contributed by atoms with Crippen LogP contribution in [0.3, 0.4) is 0 Å². The first-order chi connectivity index (χ1) is 9.38. The van der Waals surface area contributed by atoms with Gasteiger partial charge in [-0.25, -0.2) is 0 Å². The third-order valence-electron chi connectivity index (χ3n) is 3.72. The number of hydrogen-bond acceptors (Lipinski definition) is 2. The summed E-state index contributed by atoms with van der Waals surface area (Å²) in [4.78, 5) is 0. The van der Waals surface area contributed by atoms with Crippen molar-refractivity contribution in [2.24, 2.45) is 0 Å². The summed E-state index contributed by atoms with van der Waals surface area (Å²) in [6.45, 7) is 5.58. The van der Waals surface area contributed by atoms with Crippen molar-refractivity contribution in [3.05, 3.63) is 24.2 Å². The van der Waals surface area contributed by atoms with Gasteiger partial charge in [-0.1, -0.05) is 58.8 Å². The van der Waals surface area contributed by atoms with Crippen LogP contribution in [0.15, 0.2) is 22.8 Å². The fourth-order valence-corrected chi connectivity index (χ4v) is 2.47. The van der Waals surface area contributed by atoms with Crippen molar-refractivity contribution in [2.75, 3.05) is 6.54 Å². The molecule has 0 bridgehead atoms. The van der Waals surface area contributed by atoms with Crippen LogP contribution >= 0.6 is 0 Å². The zero-order valence-corrected chi connectivity index (χ0v) is 12.8. The molecule has 0 aromatic carbocycles. The summed E-state index contributed by atoms with van der Waals surface area (Å²) in [7, 11) is 0. The molecule has 1 unspecified atom stereocenters. The van der Waals surface area contributed by atoms with E-state index in [1.54, 1.807) is 6.26 Å². The Morgan fingerprint density at radius 3 is 2.26 bits per heavy atom. The molecule has 1 N–H and O–H groups in total. The van der Waals surface area contributed by atoms with Crippen LogP contribution in [0, 0.1) is 0 Å². The van der Waals surface area contributed by atoms with E-state index in [0.717, 1.165) is 18.7 Å². The van der Waals surface area contributed by atoms with Crippen LogP contribution in [0.5, 0.6) is 0 Å². The van der Waals surface area contributed by atoms with Gasteiger partial charge in [0.1, 0.15) is 5.76 Å². The number of furan rings is 1. The van der Waals surface area contributed by atoms with E-state index >= 15 is 0 Å². The molecule has 0 saturated heterocycles. The Balaban J connectivity index is 1.95. The average molecular weight is 265 g/mol. The monoisotopic (exact) mass is 265 g/mol. The van der Waals surface area contributed by atoms with Crippen LogP contribution in [-0.2, 0) is 0 Å². The molecule has 0 amide bonds. The Bertz CT molecular complexity index is 281. The molecular weight excluding hydrogens is 234 g/mol. The molecule has 1 heterocycles. The zero-order valence-electron chi connectivity index (χ0n) is 12.8. The first kappa shape index (κ1) is 16.3. The smallest absolute Gasteiger partial charge is 0.120 e. The Kier molecular flexibility index (Phi) is 9.52. The van der Waals surface area contributed by atoms with Crippen LogP contribution in [0.4, 0.5) is 0 Å². The Morgan fingerprint density at radius 1 is 1.00 bits per heavy atom. The van der Waals surface area contributed by atoms with Crippen LogP contribution < -0.4 is 5.32 Å². The minimum Gasteiger partial charge on any atom is -0.468 e. The van der Waals surface area contributed by atoms with E-state index in [2.05, 4.69) is 25.2 Å². The van der Waals surface area contributed by atoms with Crippen LogP contribution in [0.25, 0.3) is 0 Å². The topological polar surface area (TPSA) is 25.2 Å². The third-order valence-corrected chi connectivity index (χ3v) is 3.72. The molecule has 0 saturated carbocycles. The molecule has 1 rings (SSSR count). The summed E-state index contributed by atoms with van der Waals surface area (Å²) in [5.41, 5.74) is 0. The number of nitrogens with one attached hydrogen (secondary N) is 1. The quantitative estimate of drug-likeness (QED) is 0.508. The first-order valence-corrected chi connectivity index (χ1v) is 8.15. The number of rotatable bonds is 12. The predicted molar refractivity (Wildman–Crippen MR) is 82.4 cm³/mol. The number of hydrogen-bond donors (Lipinski definition) is 1. The van der Waals surface area contributed by atoms with Gasteiger partial charge < -0.3 is 9.73 Å². The molecule has 110 valence electrons. The fourth-order valence-electron chi connectivity index (χ4n) is 2.47. The van der Waals surface area contributed by atoms with E-state index in [9.17, 15) is 0 Å². The molecule has 0 fully saturated rings. The lowest BCUT2D eigenvalue weighted by Crippen LogP contribution is -2.21. The van der Waals surface area contributed by atoms with Gasteiger partial charge in [-0.15, -0.1) is 0 Å². The molecule has 0 radical (unpaired) electrons. The van der Waals surface area contributed by atoms with E-state index in [0.29, 0.717) is 6.04 Å². The van der Waals surface area contributed by atoms with Gasteiger partial charge in [0.25, 0.3) is 0 Å². The highest BCUT2D eigenvalue weighted by molar-refractivity contribution is 5.03. The summed E-state index contributed by atoms with van der Waals surface area (Å²) < 4.78 is 5.46. The molecule has 19 heavy (non-hydrogen) atoms. The Morgan fingerprint density at radius 2 is 1.68 bits per heavy atom. The maximum absolute atomic E-state index is 5.46. The lowest BCUT2D eigenvalue weighted by Gasteiger charge is -2.14. The van der Waals surface area contributed by atoms with Gasteiger partial charge in [0.15, 0.2) is 0 Å². The average Bonchev–Trinajstić information content (AvgIpc) is 2.95. The molecule has 0 spiro atoms. The van der Waals surface area contributed by atoms with E-state index in [1.807, 2.05) is 6.07 Å². The predicted octanol–water partition coefficient (Wildman–Crippen LogP) is 5.46. The maximum atomic E-state index is 5.46. The Hall–Kier alpha value is -0.760. The summed E-state index contributed by atoms with van der Waals surface area (Å²) in [5, 5.41) is 3.59. The molecule has 0 aliphatic heterocycles. The second kappa shape index (κ2) is 11.1. The van der Waals surface area contributed by atoms with Gasteiger partial charge in [-0.3, -0.25) is 0 Å². The van der Waals surface area contributed by atoms with Gasteiger partial charge in [0, 0.05) is 0 Å². The van der Waals surface area contributed by atoms with E-state index in [4.69, 9.17) is 4.42 Å². The van der Waals surface area contributed by atoms with Crippen molar-refractivity contribution in [2.45, 2.75) is 77.7 Å².